The minimum Gasteiger partial charge on any atom is -0.469 e. The van der Waals surface area contributed by atoms with Crippen LogP contribution in [0.2, 0.25) is 0 Å². The largest absolute Gasteiger partial charge is 0.469 e. The number of carbonyl (C=O) groups is 2. The van der Waals surface area contributed by atoms with Crippen LogP contribution in [0.1, 0.15) is 16.1 Å². The zero-order chi connectivity index (χ0) is 24.8. The van der Waals surface area contributed by atoms with Crippen LogP contribution in [0, 0.1) is 12.7 Å². The van der Waals surface area contributed by atoms with Crippen molar-refractivity contribution in [2.24, 2.45) is 0 Å². The summed E-state index contributed by atoms with van der Waals surface area (Å²) in [5.41, 5.74) is 1.90. The molecule has 2 amide bonds. The van der Waals surface area contributed by atoms with E-state index in [1.807, 2.05) is 17.6 Å². The standard InChI is InChI=1S/C25H22FN5O3S/c1-3-13-31-23(19-12-14-34-16(19)2)29-30-25(31)35-15-22(32)28-21-7-5-4-6-20(21)24(33)27-18-10-8-17(26)9-11-18/h3-12,14H,1,13,15H2,2H3,(H,27,33)(H,28,32). The SMILES string of the molecule is C=CCn1c(SCC(=O)Nc2ccccc2C(=O)Nc2ccc(F)cc2)nnc1-c1ccoc1C. The lowest BCUT2D eigenvalue weighted by Gasteiger charge is -2.12. The van der Waals surface area contributed by atoms with E-state index in [1.54, 1.807) is 36.6 Å². The number of furan rings is 1. The summed E-state index contributed by atoms with van der Waals surface area (Å²) in [4.78, 5) is 25.5. The van der Waals surface area contributed by atoms with Gasteiger partial charge in [-0.1, -0.05) is 30.0 Å². The molecule has 0 fully saturated rings. The van der Waals surface area contributed by atoms with Crippen LogP contribution in [-0.4, -0.2) is 32.3 Å². The van der Waals surface area contributed by atoms with Crippen molar-refractivity contribution in [2.75, 3.05) is 16.4 Å². The minimum atomic E-state index is -0.425. The lowest BCUT2D eigenvalue weighted by Crippen LogP contribution is -2.19. The first-order valence-electron chi connectivity index (χ1n) is 10.6. The Hall–Kier alpha value is -4.18. The maximum absolute atomic E-state index is 13.1. The van der Waals surface area contributed by atoms with Gasteiger partial charge in [0, 0.05) is 12.2 Å². The van der Waals surface area contributed by atoms with Gasteiger partial charge in [-0.25, -0.2) is 4.39 Å². The highest BCUT2D eigenvalue weighted by atomic mass is 32.2. The molecular formula is C25H22FN5O3S. The molecule has 0 radical (unpaired) electrons. The normalized spacial score (nSPS) is 10.7. The zero-order valence-corrected chi connectivity index (χ0v) is 19.6. The summed E-state index contributed by atoms with van der Waals surface area (Å²) in [5.74, 6) is 0.254. The smallest absolute Gasteiger partial charge is 0.257 e. The number of aryl methyl sites for hydroxylation is 1. The van der Waals surface area contributed by atoms with Gasteiger partial charge >= 0.3 is 0 Å². The Morgan fingerprint density at radius 3 is 2.60 bits per heavy atom. The average Bonchev–Trinajstić information content (AvgIpc) is 3.45. The van der Waals surface area contributed by atoms with Crippen LogP contribution in [-0.2, 0) is 11.3 Å². The molecule has 10 heteroatoms. The van der Waals surface area contributed by atoms with Crippen molar-refractivity contribution in [1.82, 2.24) is 14.8 Å². The van der Waals surface area contributed by atoms with Crippen LogP contribution < -0.4 is 10.6 Å². The van der Waals surface area contributed by atoms with Crippen LogP contribution >= 0.6 is 11.8 Å². The predicted octanol–water partition coefficient (Wildman–Crippen LogP) is 5.15. The van der Waals surface area contributed by atoms with E-state index in [0.29, 0.717) is 34.7 Å². The van der Waals surface area contributed by atoms with Gasteiger partial charge in [0.2, 0.25) is 5.91 Å². The van der Waals surface area contributed by atoms with Gasteiger partial charge in [0.1, 0.15) is 11.6 Å². The van der Waals surface area contributed by atoms with Gasteiger partial charge in [0.25, 0.3) is 5.91 Å². The molecule has 0 saturated carbocycles. The number of halogens is 1. The van der Waals surface area contributed by atoms with Gasteiger partial charge in [0.05, 0.1) is 28.8 Å². The second-order valence-electron chi connectivity index (χ2n) is 7.44. The number of carbonyl (C=O) groups excluding carboxylic acids is 2. The number of nitrogens with one attached hydrogen (secondary N) is 2. The summed E-state index contributed by atoms with van der Waals surface area (Å²) >= 11 is 1.22. The molecule has 0 aliphatic carbocycles. The highest BCUT2D eigenvalue weighted by molar-refractivity contribution is 7.99. The molecule has 2 aromatic carbocycles. The maximum atomic E-state index is 13.1. The van der Waals surface area contributed by atoms with Crippen molar-refractivity contribution in [1.29, 1.82) is 0 Å². The minimum absolute atomic E-state index is 0.0492. The summed E-state index contributed by atoms with van der Waals surface area (Å²) in [5, 5.41) is 14.5. The third-order valence-electron chi connectivity index (χ3n) is 5.01. The van der Waals surface area contributed by atoms with Gasteiger partial charge in [0.15, 0.2) is 11.0 Å². The average molecular weight is 492 g/mol. The highest BCUT2D eigenvalue weighted by Crippen LogP contribution is 2.27. The number of aromatic nitrogens is 3. The first-order chi connectivity index (χ1) is 17.0. The van der Waals surface area contributed by atoms with E-state index >= 15 is 0 Å². The van der Waals surface area contributed by atoms with Gasteiger partial charge < -0.3 is 15.1 Å². The summed E-state index contributed by atoms with van der Waals surface area (Å²) in [6.45, 7) is 6.09. The third kappa shape index (κ3) is 5.67. The van der Waals surface area contributed by atoms with E-state index in [1.165, 1.54) is 36.0 Å². The zero-order valence-electron chi connectivity index (χ0n) is 18.8. The molecule has 2 heterocycles. The molecule has 4 aromatic rings. The molecular weight excluding hydrogens is 469 g/mol. The quantitative estimate of drug-likeness (QED) is 0.248. The second-order valence-corrected chi connectivity index (χ2v) is 8.38. The third-order valence-corrected chi connectivity index (χ3v) is 5.98. The summed E-state index contributed by atoms with van der Waals surface area (Å²) < 4.78 is 20.4. The van der Waals surface area contributed by atoms with Crippen LogP contribution in [0.15, 0.2) is 83.1 Å². The molecule has 35 heavy (non-hydrogen) atoms. The van der Waals surface area contributed by atoms with Gasteiger partial charge in [-0.05, 0) is 49.4 Å². The van der Waals surface area contributed by atoms with E-state index < -0.39 is 11.7 Å². The van der Waals surface area contributed by atoms with Gasteiger partial charge in [-0.2, -0.15) is 0 Å². The number of hydrogen-bond acceptors (Lipinski definition) is 6. The van der Waals surface area contributed by atoms with E-state index in [0.717, 1.165) is 5.56 Å². The number of benzene rings is 2. The van der Waals surface area contributed by atoms with E-state index in [-0.39, 0.29) is 17.2 Å². The lowest BCUT2D eigenvalue weighted by molar-refractivity contribution is -0.113. The molecule has 0 aliphatic heterocycles. The number of allylic oxidation sites excluding steroid dienone is 1. The van der Waals surface area contributed by atoms with E-state index in [2.05, 4.69) is 27.4 Å². The van der Waals surface area contributed by atoms with E-state index in [4.69, 9.17) is 4.42 Å². The number of anilines is 2. The fourth-order valence-electron chi connectivity index (χ4n) is 3.34. The van der Waals surface area contributed by atoms with Crippen molar-refractivity contribution in [3.63, 3.8) is 0 Å². The predicted molar refractivity (Wildman–Crippen MR) is 133 cm³/mol. The van der Waals surface area contributed by atoms with Crippen molar-refractivity contribution < 1.29 is 18.4 Å². The van der Waals surface area contributed by atoms with Crippen LogP contribution in [0.3, 0.4) is 0 Å². The van der Waals surface area contributed by atoms with Gasteiger partial charge in [-0.3, -0.25) is 14.2 Å². The Balaban J connectivity index is 1.44. The van der Waals surface area contributed by atoms with Crippen molar-refractivity contribution in [3.8, 4) is 11.4 Å². The fraction of sp³-hybridized carbons (Fsp3) is 0.120. The topological polar surface area (TPSA) is 102 Å². The van der Waals surface area contributed by atoms with Gasteiger partial charge in [-0.15, -0.1) is 16.8 Å². The molecule has 0 spiro atoms. The number of amides is 2. The van der Waals surface area contributed by atoms with Crippen molar-refractivity contribution in [2.45, 2.75) is 18.6 Å². The summed E-state index contributed by atoms with van der Waals surface area (Å²) in [6, 6.07) is 13.9. The molecule has 0 bridgehead atoms. The molecule has 4 rings (SSSR count). The van der Waals surface area contributed by atoms with Crippen LogP contribution in [0.5, 0.6) is 0 Å². The first kappa shape index (κ1) is 24.0. The molecule has 2 N–H and O–H groups in total. The second kappa shape index (κ2) is 10.8. The Morgan fingerprint density at radius 2 is 1.89 bits per heavy atom. The maximum Gasteiger partial charge on any atom is 0.257 e. The first-order valence-corrected chi connectivity index (χ1v) is 11.6. The van der Waals surface area contributed by atoms with E-state index in [9.17, 15) is 14.0 Å². The number of thioether (sulfide) groups is 1. The molecule has 178 valence electrons. The molecule has 2 aromatic heterocycles. The number of hydrogen-bond donors (Lipinski definition) is 2. The van der Waals surface area contributed by atoms with Crippen LogP contribution in [0.4, 0.5) is 15.8 Å². The summed E-state index contributed by atoms with van der Waals surface area (Å²) in [7, 11) is 0. The molecule has 8 nitrogen and oxygen atoms in total. The van der Waals surface area contributed by atoms with Crippen molar-refractivity contribution >= 4 is 35.0 Å². The lowest BCUT2D eigenvalue weighted by atomic mass is 10.1. The van der Waals surface area contributed by atoms with Crippen molar-refractivity contribution in [3.05, 3.63) is 90.7 Å². The number of para-hydroxylation sites is 1. The highest BCUT2D eigenvalue weighted by Gasteiger charge is 2.19. The van der Waals surface area contributed by atoms with Crippen LogP contribution in [0.25, 0.3) is 11.4 Å². The molecule has 0 atom stereocenters. The Labute approximate surface area is 205 Å². The Bertz CT molecular complexity index is 1360. The number of rotatable bonds is 9. The molecule has 0 unspecified atom stereocenters. The molecule has 0 aliphatic rings. The monoisotopic (exact) mass is 491 g/mol. The molecule has 0 saturated heterocycles. The Kier molecular flexibility index (Phi) is 7.41. The number of nitrogens with zero attached hydrogens (tertiary/aromatic N) is 3. The Morgan fingerprint density at radius 1 is 1.11 bits per heavy atom. The fourth-order valence-corrected chi connectivity index (χ4v) is 4.09. The summed E-state index contributed by atoms with van der Waals surface area (Å²) in [6.07, 6.45) is 3.31.